The summed E-state index contributed by atoms with van der Waals surface area (Å²) in [6.07, 6.45) is 0. The first-order valence-corrected chi connectivity index (χ1v) is 7.42. The molecule has 0 aliphatic carbocycles. The molecule has 0 bridgehead atoms. The fourth-order valence-electron chi connectivity index (χ4n) is 2.43. The van der Waals surface area contributed by atoms with Gasteiger partial charge in [0, 0.05) is 12.1 Å². The first-order valence-electron chi connectivity index (χ1n) is 7.42. The molecule has 0 heterocycles. The average molecular weight is 289 g/mol. The van der Waals surface area contributed by atoms with Crippen LogP contribution in [0.2, 0.25) is 0 Å². The van der Waals surface area contributed by atoms with Crippen LogP contribution in [0.1, 0.15) is 11.1 Å². The van der Waals surface area contributed by atoms with E-state index < -0.39 is 0 Å². The van der Waals surface area contributed by atoms with Gasteiger partial charge in [0.1, 0.15) is 12.4 Å². The molecule has 110 valence electrons. The summed E-state index contributed by atoms with van der Waals surface area (Å²) in [5, 5.41) is 0. The predicted molar refractivity (Wildman–Crippen MR) is 90.5 cm³/mol. The Hall–Kier alpha value is -2.58. The average Bonchev–Trinajstić information content (AvgIpc) is 2.61. The summed E-state index contributed by atoms with van der Waals surface area (Å²) in [6, 6.07) is 26.6. The van der Waals surface area contributed by atoms with Crippen molar-refractivity contribution >= 4 is 0 Å². The summed E-state index contributed by atoms with van der Waals surface area (Å²) in [6.45, 7) is 1.02. The maximum atomic E-state index is 5.92. The molecule has 2 nitrogen and oxygen atoms in total. The SMILES string of the molecule is NCc1cc(-c2ccccc2)ccc1OCc1ccccc1. The maximum absolute atomic E-state index is 5.92. The molecule has 0 saturated heterocycles. The van der Waals surface area contributed by atoms with E-state index in [0.717, 1.165) is 22.4 Å². The molecular formula is C20H19NO. The van der Waals surface area contributed by atoms with Gasteiger partial charge in [-0.15, -0.1) is 0 Å². The Labute approximate surface area is 131 Å². The van der Waals surface area contributed by atoms with Crippen molar-refractivity contribution in [3.05, 3.63) is 90.0 Å². The number of nitrogens with two attached hydrogens (primary N) is 1. The molecule has 2 heteroatoms. The van der Waals surface area contributed by atoms with Gasteiger partial charge < -0.3 is 10.5 Å². The third kappa shape index (κ3) is 3.35. The number of rotatable bonds is 5. The third-order valence-corrected chi connectivity index (χ3v) is 3.62. The number of hydrogen-bond acceptors (Lipinski definition) is 2. The summed E-state index contributed by atoms with van der Waals surface area (Å²) < 4.78 is 5.92. The van der Waals surface area contributed by atoms with Gasteiger partial charge >= 0.3 is 0 Å². The van der Waals surface area contributed by atoms with Gasteiger partial charge in [-0.2, -0.15) is 0 Å². The van der Waals surface area contributed by atoms with Gasteiger partial charge in [-0.1, -0.05) is 66.7 Å². The van der Waals surface area contributed by atoms with Crippen LogP contribution in [0.4, 0.5) is 0 Å². The van der Waals surface area contributed by atoms with Crippen LogP contribution in [-0.4, -0.2) is 0 Å². The minimum absolute atomic E-state index is 0.463. The fraction of sp³-hybridized carbons (Fsp3) is 0.100. The predicted octanol–water partition coefficient (Wildman–Crippen LogP) is 4.39. The molecule has 0 aliphatic heterocycles. The smallest absolute Gasteiger partial charge is 0.124 e. The van der Waals surface area contributed by atoms with Crippen LogP contribution in [-0.2, 0) is 13.2 Å². The van der Waals surface area contributed by atoms with Gasteiger partial charge in [0.2, 0.25) is 0 Å². The van der Waals surface area contributed by atoms with Gasteiger partial charge in [0.25, 0.3) is 0 Å². The van der Waals surface area contributed by atoms with E-state index in [-0.39, 0.29) is 0 Å². The molecule has 0 aromatic heterocycles. The quantitative estimate of drug-likeness (QED) is 0.756. The molecule has 0 fully saturated rings. The molecule has 22 heavy (non-hydrogen) atoms. The Morgan fingerprint density at radius 3 is 2.09 bits per heavy atom. The first-order chi connectivity index (χ1) is 10.9. The highest BCUT2D eigenvalue weighted by molar-refractivity contribution is 5.65. The largest absolute Gasteiger partial charge is 0.489 e. The highest BCUT2D eigenvalue weighted by Gasteiger charge is 2.06. The molecule has 2 N–H and O–H groups in total. The van der Waals surface area contributed by atoms with Crippen LogP contribution in [0.25, 0.3) is 11.1 Å². The minimum Gasteiger partial charge on any atom is -0.489 e. The van der Waals surface area contributed by atoms with Gasteiger partial charge in [0.15, 0.2) is 0 Å². The van der Waals surface area contributed by atoms with Crippen molar-refractivity contribution in [3.63, 3.8) is 0 Å². The van der Waals surface area contributed by atoms with Crippen LogP contribution >= 0.6 is 0 Å². The van der Waals surface area contributed by atoms with E-state index in [1.807, 2.05) is 42.5 Å². The van der Waals surface area contributed by atoms with Gasteiger partial charge in [-0.3, -0.25) is 0 Å². The lowest BCUT2D eigenvalue weighted by molar-refractivity contribution is 0.303. The van der Waals surface area contributed by atoms with Crippen LogP contribution in [0.5, 0.6) is 5.75 Å². The van der Waals surface area contributed by atoms with Crippen molar-refractivity contribution in [2.75, 3.05) is 0 Å². The number of benzene rings is 3. The molecule has 0 spiro atoms. The van der Waals surface area contributed by atoms with Crippen molar-refractivity contribution < 1.29 is 4.74 Å². The normalized spacial score (nSPS) is 10.4. The molecule has 0 amide bonds. The second-order valence-corrected chi connectivity index (χ2v) is 5.17. The van der Waals surface area contributed by atoms with Gasteiger partial charge in [-0.25, -0.2) is 0 Å². The van der Waals surface area contributed by atoms with E-state index in [2.05, 4.69) is 36.4 Å². The summed E-state index contributed by atoms with van der Waals surface area (Å²) in [5.74, 6) is 0.853. The van der Waals surface area contributed by atoms with E-state index >= 15 is 0 Å². The summed E-state index contributed by atoms with van der Waals surface area (Å²) >= 11 is 0. The summed E-state index contributed by atoms with van der Waals surface area (Å²) in [5.41, 5.74) is 10.4. The molecule has 0 radical (unpaired) electrons. The van der Waals surface area contributed by atoms with E-state index in [4.69, 9.17) is 10.5 Å². The van der Waals surface area contributed by atoms with Crippen LogP contribution in [0.15, 0.2) is 78.9 Å². The van der Waals surface area contributed by atoms with E-state index in [1.54, 1.807) is 0 Å². The van der Waals surface area contributed by atoms with Gasteiger partial charge in [0.05, 0.1) is 0 Å². The molecule has 0 saturated carbocycles. The second-order valence-electron chi connectivity index (χ2n) is 5.17. The zero-order chi connectivity index (χ0) is 15.2. The van der Waals surface area contributed by atoms with Crippen molar-refractivity contribution in [2.45, 2.75) is 13.2 Å². The maximum Gasteiger partial charge on any atom is 0.124 e. The fourth-order valence-corrected chi connectivity index (χ4v) is 2.43. The standard InChI is InChI=1S/C20H19NO/c21-14-19-13-18(17-9-5-2-6-10-17)11-12-20(19)22-15-16-7-3-1-4-8-16/h1-13H,14-15,21H2. The lowest BCUT2D eigenvalue weighted by Crippen LogP contribution is -2.03. The monoisotopic (exact) mass is 289 g/mol. The molecule has 0 aliphatic rings. The van der Waals surface area contributed by atoms with E-state index in [9.17, 15) is 0 Å². The van der Waals surface area contributed by atoms with E-state index in [0.29, 0.717) is 13.2 Å². The molecular weight excluding hydrogens is 270 g/mol. The lowest BCUT2D eigenvalue weighted by Gasteiger charge is -2.12. The first kappa shape index (κ1) is 14.4. The Balaban J connectivity index is 1.80. The Kier molecular flexibility index (Phi) is 4.52. The minimum atomic E-state index is 0.463. The molecule has 3 rings (SSSR count). The third-order valence-electron chi connectivity index (χ3n) is 3.62. The zero-order valence-electron chi connectivity index (χ0n) is 12.4. The lowest BCUT2D eigenvalue weighted by atomic mass is 10.0. The zero-order valence-corrected chi connectivity index (χ0v) is 12.4. The van der Waals surface area contributed by atoms with Crippen molar-refractivity contribution in [3.8, 4) is 16.9 Å². The van der Waals surface area contributed by atoms with Gasteiger partial charge in [-0.05, 0) is 28.8 Å². The molecule has 0 unspecified atom stereocenters. The number of ether oxygens (including phenoxy) is 1. The van der Waals surface area contributed by atoms with Crippen molar-refractivity contribution in [2.24, 2.45) is 5.73 Å². The Morgan fingerprint density at radius 1 is 0.727 bits per heavy atom. The molecule has 3 aromatic carbocycles. The highest BCUT2D eigenvalue weighted by Crippen LogP contribution is 2.27. The molecule has 3 aromatic rings. The Morgan fingerprint density at radius 2 is 1.41 bits per heavy atom. The molecule has 0 atom stereocenters. The van der Waals surface area contributed by atoms with Crippen molar-refractivity contribution in [1.29, 1.82) is 0 Å². The second kappa shape index (κ2) is 6.92. The van der Waals surface area contributed by atoms with Crippen LogP contribution in [0.3, 0.4) is 0 Å². The highest BCUT2D eigenvalue weighted by atomic mass is 16.5. The number of hydrogen-bond donors (Lipinski definition) is 1. The van der Waals surface area contributed by atoms with Crippen LogP contribution < -0.4 is 10.5 Å². The van der Waals surface area contributed by atoms with Crippen LogP contribution in [0, 0.1) is 0 Å². The van der Waals surface area contributed by atoms with E-state index in [1.165, 1.54) is 5.56 Å². The summed E-state index contributed by atoms with van der Waals surface area (Å²) in [4.78, 5) is 0. The summed E-state index contributed by atoms with van der Waals surface area (Å²) in [7, 11) is 0. The Bertz CT molecular complexity index is 723. The van der Waals surface area contributed by atoms with Crippen molar-refractivity contribution in [1.82, 2.24) is 0 Å². The topological polar surface area (TPSA) is 35.2 Å².